The number of nitrogens with zero attached hydrogens (tertiary/aromatic N) is 2. The zero-order valence-corrected chi connectivity index (χ0v) is 16.0. The standard InChI is InChI=1S/C17H23ClN2O4S/c1-12-10-19(11-13(2)24-12)17(21)15-9-14(5-6-16(15)18)25(22,23)20-7-3-4-8-20/h5-6,9,12-13H,3-4,7-8,10-11H2,1-2H3/t12-,13-/m0/s1. The van der Waals surface area contributed by atoms with Crippen LogP contribution in [-0.4, -0.2) is 61.9 Å². The average molecular weight is 387 g/mol. The fourth-order valence-electron chi connectivity index (χ4n) is 3.42. The Kier molecular flexibility index (Phi) is 5.39. The molecule has 0 aromatic heterocycles. The minimum Gasteiger partial charge on any atom is -0.372 e. The summed E-state index contributed by atoms with van der Waals surface area (Å²) in [4.78, 5) is 14.7. The van der Waals surface area contributed by atoms with Crippen LogP contribution in [0.4, 0.5) is 0 Å². The Labute approximate surface area is 153 Å². The molecule has 3 rings (SSSR count). The number of amides is 1. The van der Waals surface area contributed by atoms with Crippen LogP contribution < -0.4 is 0 Å². The number of carbonyl (C=O) groups is 1. The van der Waals surface area contributed by atoms with E-state index in [1.165, 1.54) is 22.5 Å². The molecule has 1 amide bonds. The Morgan fingerprint density at radius 1 is 1.16 bits per heavy atom. The first-order chi connectivity index (χ1) is 11.8. The van der Waals surface area contributed by atoms with E-state index in [1.807, 2.05) is 13.8 Å². The second kappa shape index (κ2) is 7.23. The topological polar surface area (TPSA) is 66.9 Å². The molecule has 25 heavy (non-hydrogen) atoms. The van der Waals surface area contributed by atoms with Crippen molar-refractivity contribution in [3.05, 3.63) is 28.8 Å². The van der Waals surface area contributed by atoms with Crippen molar-refractivity contribution in [1.82, 2.24) is 9.21 Å². The highest BCUT2D eigenvalue weighted by Gasteiger charge is 2.31. The van der Waals surface area contributed by atoms with Crippen LogP contribution in [0.3, 0.4) is 0 Å². The first kappa shape index (κ1) is 18.6. The van der Waals surface area contributed by atoms with Crippen molar-refractivity contribution in [2.45, 2.75) is 43.8 Å². The monoisotopic (exact) mass is 386 g/mol. The van der Waals surface area contributed by atoms with Crippen molar-refractivity contribution < 1.29 is 17.9 Å². The van der Waals surface area contributed by atoms with E-state index < -0.39 is 10.0 Å². The smallest absolute Gasteiger partial charge is 0.255 e. The molecular formula is C17H23ClN2O4S. The fraction of sp³-hybridized carbons (Fsp3) is 0.588. The lowest BCUT2D eigenvalue weighted by Gasteiger charge is -2.35. The maximum atomic E-state index is 12.9. The van der Waals surface area contributed by atoms with Gasteiger partial charge in [0, 0.05) is 26.2 Å². The molecule has 6 nitrogen and oxygen atoms in total. The second-order valence-corrected chi connectivity index (χ2v) is 9.07. The quantitative estimate of drug-likeness (QED) is 0.799. The molecule has 8 heteroatoms. The van der Waals surface area contributed by atoms with Gasteiger partial charge in [0.15, 0.2) is 0 Å². The predicted molar refractivity (Wildman–Crippen MR) is 95.4 cm³/mol. The normalized spacial score (nSPS) is 25.3. The highest BCUT2D eigenvalue weighted by Crippen LogP contribution is 2.27. The van der Waals surface area contributed by atoms with E-state index in [4.69, 9.17) is 16.3 Å². The predicted octanol–water partition coefficient (Wildman–Crippen LogP) is 2.37. The lowest BCUT2D eigenvalue weighted by molar-refractivity contribution is -0.0586. The lowest BCUT2D eigenvalue weighted by atomic mass is 10.1. The van der Waals surface area contributed by atoms with Gasteiger partial charge in [0.05, 0.1) is 27.7 Å². The summed E-state index contributed by atoms with van der Waals surface area (Å²) in [5.74, 6) is -0.259. The molecule has 0 unspecified atom stereocenters. The number of rotatable bonds is 3. The van der Waals surface area contributed by atoms with Gasteiger partial charge in [-0.2, -0.15) is 4.31 Å². The Morgan fingerprint density at radius 2 is 1.76 bits per heavy atom. The number of carbonyl (C=O) groups excluding carboxylic acids is 1. The van der Waals surface area contributed by atoms with Crippen molar-refractivity contribution in [2.75, 3.05) is 26.2 Å². The first-order valence-corrected chi connectivity index (χ1v) is 10.4. The third kappa shape index (κ3) is 3.84. The molecule has 0 aliphatic carbocycles. The van der Waals surface area contributed by atoms with Crippen molar-refractivity contribution in [3.63, 3.8) is 0 Å². The molecule has 0 saturated carbocycles. The van der Waals surface area contributed by atoms with Gasteiger partial charge in [0.25, 0.3) is 5.91 Å². The Morgan fingerprint density at radius 3 is 2.36 bits per heavy atom. The van der Waals surface area contributed by atoms with Crippen LogP contribution in [0.1, 0.15) is 37.0 Å². The largest absolute Gasteiger partial charge is 0.372 e. The number of hydrogen-bond acceptors (Lipinski definition) is 4. The molecular weight excluding hydrogens is 364 g/mol. The maximum Gasteiger partial charge on any atom is 0.255 e. The van der Waals surface area contributed by atoms with Crippen molar-refractivity contribution in [1.29, 1.82) is 0 Å². The summed E-state index contributed by atoms with van der Waals surface area (Å²) in [6.07, 6.45) is 1.59. The molecule has 0 radical (unpaired) electrons. The van der Waals surface area contributed by atoms with E-state index in [0.29, 0.717) is 26.2 Å². The number of ether oxygens (including phenoxy) is 1. The van der Waals surface area contributed by atoms with Crippen LogP contribution in [0.5, 0.6) is 0 Å². The van der Waals surface area contributed by atoms with Crippen LogP contribution in [0.25, 0.3) is 0 Å². The van der Waals surface area contributed by atoms with E-state index in [0.717, 1.165) is 12.8 Å². The Bertz CT molecular complexity index is 752. The van der Waals surface area contributed by atoms with Gasteiger partial charge in [-0.1, -0.05) is 11.6 Å². The molecule has 0 bridgehead atoms. The summed E-state index contributed by atoms with van der Waals surface area (Å²) in [5.41, 5.74) is 0.225. The van der Waals surface area contributed by atoms with Gasteiger partial charge in [0.2, 0.25) is 10.0 Å². The molecule has 138 valence electrons. The van der Waals surface area contributed by atoms with E-state index >= 15 is 0 Å². The number of benzene rings is 1. The number of morpholine rings is 1. The summed E-state index contributed by atoms with van der Waals surface area (Å²) in [7, 11) is -3.58. The number of halogens is 1. The van der Waals surface area contributed by atoms with Gasteiger partial charge < -0.3 is 9.64 Å². The number of sulfonamides is 1. The average Bonchev–Trinajstić information content (AvgIpc) is 3.09. The SMILES string of the molecule is C[C@H]1CN(C(=O)c2cc(S(=O)(=O)N3CCCC3)ccc2Cl)C[C@H](C)O1. The van der Waals surface area contributed by atoms with Crippen LogP contribution >= 0.6 is 11.6 Å². The second-order valence-electron chi connectivity index (χ2n) is 6.72. The van der Waals surface area contributed by atoms with Gasteiger partial charge >= 0.3 is 0 Å². The summed E-state index contributed by atoms with van der Waals surface area (Å²) in [6.45, 7) is 5.78. The summed E-state index contributed by atoms with van der Waals surface area (Å²) in [6, 6.07) is 4.37. The van der Waals surface area contributed by atoms with Gasteiger partial charge in [-0.15, -0.1) is 0 Å². The highest BCUT2D eigenvalue weighted by atomic mass is 35.5. The third-order valence-electron chi connectivity index (χ3n) is 4.58. The zero-order valence-electron chi connectivity index (χ0n) is 14.4. The minimum absolute atomic E-state index is 0.0667. The molecule has 2 aliphatic rings. The zero-order chi connectivity index (χ0) is 18.2. The molecule has 1 aromatic carbocycles. The van der Waals surface area contributed by atoms with Crippen molar-refractivity contribution >= 4 is 27.5 Å². The molecule has 0 spiro atoms. The Hall–Kier alpha value is -1.15. The maximum absolute atomic E-state index is 12.9. The lowest BCUT2D eigenvalue weighted by Crippen LogP contribution is -2.48. The molecule has 2 saturated heterocycles. The Balaban J connectivity index is 1.90. The van der Waals surface area contributed by atoms with Crippen LogP contribution in [-0.2, 0) is 14.8 Å². The highest BCUT2D eigenvalue weighted by molar-refractivity contribution is 7.89. The van der Waals surface area contributed by atoms with E-state index in [-0.39, 0.29) is 33.6 Å². The van der Waals surface area contributed by atoms with Crippen LogP contribution in [0, 0.1) is 0 Å². The molecule has 2 aliphatic heterocycles. The minimum atomic E-state index is -3.58. The van der Waals surface area contributed by atoms with E-state index in [1.54, 1.807) is 4.90 Å². The molecule has 2 heterocycles. The third-order valence-corrected chi connectivity index (χ3v) is 6.80. The molecule has 2 fully saturated rings. The van der Waals surface area contributed by atoms with Crippen LogP contribution in [0.2, 0.25) is 5.02 Å². The van der Waals surface area contributed by atoms with Crippen molar-refractivity contribution in [2.24, 2.45) is 0 Å². The van der Waals surface area contributed by atoms with Crippen molar-refractivity contribution in [3.8, 4) is 0 Å². The summed E-state index contributed by atoms with van der Waals surface area (Å²) in [5, 5.41) is 0.261. The molecule has 1 aromatic rings. The molecule has 0 N–H and O–H groups in total. The summed E-state index contributed by atoms with van der Waals surface area (Å²) < 4.78 is 32.6. The van der Waals surface area contributed by atoms with E-state index in [2.05, 4.69) is 0 Å². The van der Waals surface area contributed by atoms with Crippen LogP contribution in [0.15, 0.2) is 23.1 Å². The first-order valence-electron chi connectivity index (χ1n) is 8.53. The fourth-order valence-corrected chi connectivity index (χ4v) is 5.16. The van der Waals surface area contributed by atoms with E-state index in [9.17, 15) is 13.2 Å². The van der Waals surface area contributed by atoms with Gasteiger partial charge in [-0.05, 0) is 44.9 Å². The molecule has 2 atom stereocenters. The summed E-state index contributed by atoms with van der Waals surface area (Å²) >= 11 is 6.21. The van der Waals surface area contributed by atoms with Gasteiger partial charge in [-0.3, -0.25) is 4.79 Å². The number of hydrogen-bond donors (Lipinski definition) is 0. The van der Waals surface area contributed by atoms with Gasteiger partial charge in [-0.25, -0.2) is 8.42 Å². The van der Waals surface area contributed by atoms with Gasteiger partial charge in [0.1, 0.15) is 0 Å².